The minimum atomic E-state index is -2.89. The second-order valence-electron chi connectivity index (χ2n) is 24.3. The van der Waals surface area contributed by atoms with Crippen molar-refractivity contribution in [3.63, 3.8) is 0 Å². The Labute approximate surface area is 615 Å². The number of aromatic hydroxyl groups is 23. The lowest BCUT2D eigenvalue weighted by molar-refractivity contribution is -0.284. The predicted molar refractivity (Wildman–Crippen MR) is 347 cm³/mol. The van der Waals surface area contributed by atoms with Crippen LogP contribution in [0.2, 0.25) is 0 Å². The van der Waals surface area contributed by atoms with E-state index in [1.165, 1.54) is 0 Å². The molecule has 0 aliphatic carbocycles. The first-order valence-corrected chi connectivity index (χ1v) is 31.1. The molecule has 0 aromatic heterocycles. The van der Waals surface area contributed by atoms with Gasteiger partial charge in [-0.05, 0) is 42.5 Å². The summed E-state index contributed by atoms with van der Waals surface area (Å²) in [6, 6.07) is 2.78. The van der Waals surface area contributed by atoms with Crippen LogP contribution in [0.5, 0.6) is 144 Å². The summed E-state index contributed by atoms with van der Waals surface area (Å²) in [6.07, 6.45) is -24.5. The maximum Gasteiger partial charge on any atom is 0.342 e. The molecule has 44 nitrogen and oxygen atoms in total. The van der Waals surface area contributed by atoms with Gasteiger partial charge in [0.05, 0.1) is 45.6 Å². The molecular weight excluding hydrogens is 1520 g/mol. The molecule has 0 bridgehead atoms. The highest BCUT2D eigenvalue weighted by Crippen LogP contribution is 2.59. The molecule has 26 N–H and O–H groups in total. The van der Waals surface area contributed by atoms with Crippen molar-refractivity contribution in [2.24, 2.45) is 0 Å². The van der Waals surface area contributed by atoms with Gasteiger partial charge in [0.25, 0.3) is 0 Å². The number of phenolic OH excluding ortho intramolecular Hbond substituents is 23. The number of fused-ring (bicyclic) bond motifs is 10. The van der Waals surface area contributed by atoms with Crippen molar-refractivity contribution in [2.45, 2.75) is 55.1 Å². The molecule has 4 aliphatic rings. The number of rotatable bonds is 8. The van der Waals surface area contributed by atoms with Gasteiger partial charge >= 0.3 is 47.8 Å². The molecule has 0 amide bonds. The van der Waals surface area contributed by atoms with Gasteiger partial charge in [0, 0.05) is 45.5 Å². The molecule has 9 atom stereocenters. The van der Waals surface area contributed by atoms with E-state index in [-0.39, 0.29) is 24.3 Å². The van der Waals surface area contributed by atoms with Crippen molar-refractivity contribution in [1.82, 2.24) is 0 Å². The highest BCUT2D eigenvalue weighted by atomic mass is 16.7. The molecule has 4 aliphatic heterocycles. The lowest BCUT2D eigenvalue weighted by atomic mass is 9.91. The summed E-state index contributed by atoms with van der Waals surface area (Å²) in [5.74, 6) is -53.4. The normalized spacial score (nSPS) is 20.3. The number of aliphatic hydroxyl groups excluding tert-OH is 3. The molecule has 0 spiro atoms. The molecule has 112 heavy (non-hydrogen) atoms. The van der Waals surface area contributed by atoms with Gasteiger partial charge in [0.1, 0.15) is 31.0 Å². The van der Waals surface area contributed by atoms with Crippen LogP contribution >= 0.6 is 0 Å². The minimum absolute atomic E-state index is 0.137. The van der Waals surface area contributed by atoms with Gasteiger partial charge in [-0.25, -0.2) is 38.4 Å². The Morgan fingerprint density at radius 3 is 1.12 bits per heavy atom. The maximum atomic E-state index is 15.0. The number of benzene rings is 8. The van der Waals surface area contributed by atoms with Gasteiger partial charge < -0.3 is 180 Å². The average Bonchev–Trinajstić information content (AvgIpc) is 0.964. The summed E-state index contributed by atoms with van der Waals surface area (Å²) < 4.78 is 55.0. The first-order chi connectivity index (χ1) is 52.7. The van der Waals surface area contributed by atoms with Crippen LogP contribution in [0.25, 0.3) is 33.4 Å². The molecule has 1 fully saturated rings. The van der Waals surface area contributed by atoms with Crippen molar-refractivity contribution < 1.29 is 218 Å². The number of phenols is 23. The summed E-state index contributed by atoms with van der Waals surface area (Å²) in [5, 5.41) is 286. The quantitative estimate of drug-likeness (QED) is 0.0580. The fourth-order valence-corrected chi connectivity index (χ4v) is 12.2. The van der Waals surface area contributed by atoms with E-state index < -0.39 is 344 Å². The van der Waals surface area contributed by atoms with Crippen LogP contribution < -0.4 is 4.74 Å². The highest BCUT2D eigenvalue weighted by Gasteiger charge is 2.55. The Balaban J connectivity index is 0.958. The van der Waals surface area contributed by atoms with Crippen LogP contribution in [0.3, 0.4) is 0 Å². The van der Waals surface area contributed by atoms with E-state index >= 15 is 4.79 Å². The molecule has 586 valence electrons. The number of hydrogen-bond donors (Lipinski definition) is 26. The van der Waals surface area contributed by atoms with E-state index in [2.05, 4.69) is 0 Å². The summed E-state index contributed by atoms with van der Waals surface area (Å²) in [4.78, 5) is 116. The van der Waals surface area contributed by atoms with Crippen molar-refractivity contribution >= 4 is 47.8 Å². The standard InChI is InChI=1S/C68H50O44/c69-10-31-56(55-29(78)11-103-61(95)14-3-23(72)40(80)47(87)33(14)35-16(64(98)108-55)5-25(74)42(82)49(35)89)109-65(99)18-7-27(76)44(84)51(91)37(18)38-19(63(97)106-31)9-30(46(86)52(38)92)105-54-20(8-28(77)45(85)53(54)93)67(101)112-59-58(111-60(94)13-1-21(70)39(79)22(71)2-13)57-32(107-68(59)102)12-104-62(96)15-4-24(73)41(81)48(88)34(15)36-17(66(100)110-57)6-26(75)43(83)50(36)90/h1-9,29,31-32,55-59,68-93,102H,10-12H2/t29-,31+,32-,55-,56-,57-,58+,59-,68?/m1/s1. The minimum Gasteiger partial charge on any atom is -0.504 e. The SMILES string of the molecule is O=C(O[C@H]1[C@@H]2OC(=O)c3cc(O)c(O)c(O)c3-c3c(cc(O)c(O)c3O)C(=O)OC[C@H]2OC(O)[C@@H]1OC(=O)c1cc(O)c(O)c(O)c1Oc1cc2c(c(O)c1O)-c1c(cc(O)c(O)c1O)C(=O)O[C@@H]([C@@H]1OC(=O)c3cc(O)c(O)c(O)c3-c3c(cc(O)c(O)c3O)C(=O)OC[C@H]1O)[C@H](CO)OC2=O)c1cc(O)c(O)c(O)c1. The summed E-state index contributed by atoms with van der Waals surface area (Å²) >= 11 is 0. The number of carbonyl (C=O) groups excluding carboxylic acids is 8. The lowest BCUT2D eigenvalue weighted by Gasteiger charge is -2.42. The first kappa shape index (κ1) is 76.2. The fraction of sp³-hybridized carbons (Fsp3) is 0.176. The Hall–Kier alpha value is -15.4. The van der Waals surface area contributed by atoms with E-state index in [0.29, 0.717) is 30.3 Å². The van der Waals surface area contributed by atoms with E-state index in [0.717, 1.165) is 0 Å². The number of aliphatic hydroxyl groups is 3. The average molecular weight is 1570 g/mol. The van der Waals surface area contributed by atoms with Crippen LogP contribution in [-0.4, -0.2) is 255 Å². The zero-order valence-electron chi connectivity index (χ0n) is 55.0. The van der Waals surface area contributed by atoms with Crippen LogP contribution in [0, 0.1) is 0 Å². The van der Waals surface area contributed by atoms with E-state index in [1.807, 2.05) is 0 Å². The van der Waals surface area contributed by atoms with Gasteiger partial charge in [-0.15, -0.1) is 0 Å². The van der Waals surface area contributed by atoms with Crippen molar-refractivity contribution in [3.05, 3.63) is 99.1 Å². The van der Waals surface area contributed by atoms with E-state index in [1.54, 1.807) is 0 Å². The summed E-state index contributed by atoms with van der Waals surface area (Å²) in [7, 11) is 0. The number of carbonyl (C=O) groups is 8. The molecule has 0 radical (unpaired) electrons. The van der Waals surface area contributed by atoms with Crippen LogP contribution in [0.4, 0.5) is 0 Å². The Kier molecular flexibility index (Phi) is 19.1. The van der Waals surface area contributed by atoms with Crippen LogP contribution in [0.15, 0.2) is 54.6 Å². The molecule has 12 rings (SSSR count). The zero-order chi connectivity index (χ0) is 81.9. The number of esters is 8. The molecule has 0 saturated carbocycles. The molecule has 1 unspecified atom stereocenters. The van der Waals surface area contributed by atoms with Gasteiger partial charge in [-0.3, -0.25) is 0 Å². The Bertz CT molecular complexity index is 5430. The molecule has 8 aromatic carbocycles. The molecule has 1 saturated heterocycles. The number of hydrogen-bond acceptors (Lipinski definition) is 44. The fourth-order valence-electron chi connectivity index (χ4n) is 12.2. The second-order valence-corrected chi connectivity index (χ2v) is 24.3. The largest absolute Gasteiger partial charge is 0.504 e. The predicted octanol–water partition coefficient (Wildman–Crippen LogP) is 1.39. The van der Waals surface area contributed by atoms with Gasteiger partial charge in [0.15, 0.2) is 141 Å². The second kappa shape index (κ2) is 28.0. The first-order valence-electron chi connectivity index (χ1n) is 31.1. The third-order valence-corrected chi connectivity index (χ3v) is 17.6. The number of ether oxygens (including phenoxy) is 10. The smallest absolute Gasteiger partial charge is 0.342 e. The summed E-state index contributed by atoms with van der Waals surface area (Å²) in [6.45, 7) is -4.60. The molecule has 4 heterocycles. The van der Waals surface area contributed by atoms with E-state index in [9.17, 15) is 166 Å². The van der Waals surface area contributed by atoms with Crippen LogP contribution in [-0.2, 0) is 42.6 Å². The Morgan fingerprint density at radius 2 is 0.688 bits per heavy atom. The van der Waals surface area contributed by atoms with E-state index in [4.69, 9.17) is 47.4 Å². The zero-order valence-corrected chi connectivity index (χ0v) is 55.0. The van der Waals surface area contributed by atoms with Gasteiger partial charge in [0.2, 0.25) is 46.0 Å². The van der Waals surface area contributed by atoms with Crippen molar-refractivity contribution in [1.29, 1.82) is 0 Å². The van der Waals surface area contributed by atoms with Gasteiger partial charge in [-0.2, -0.15) is 0 Å². The monoisotopic (exact) mass is 1570 g/mol. The van der Waals surface area contributed by atoms with Gasteiger partial charge in [-0.1, -0.05) is 0 Å². The summed E-state index contributed by atoms with van der Waals surface area (Å²) in [5.41, 5.74) is -17.5. The lowest BCUT2D eigenvalue weighted by Crippen LogP contribution is -2.62. The maximum absolute atomic E-state index is 15.0. The van der Waals surface area contributed by atoms with Crippen molar-refractivity contribution in [3.8, 4) is 177 Å². The number of cyclic esters (lactones) is 5. The Morgan fingerprint density at radius 1 is 0.348 bits per heavy atom. The molecule has 44 heteroatoms. The molecular formula is C68H50O44. The third kappa shape index (κ3) is 12.6. The highest BCUT2D eigenvalue weighted by molar-refractivity contribution is 6.12. The topological polar surface area (TPSA) is 755 Å². The van der Waals surface area contributed by atoms with Crippen LogP contribution in [0.1, 0.15) is 82.9 Å². The third-order valence-electron chi connectivity index (χ3n) is 17.6. The molecule has 8 aromatic rings. The van der Waals surface area contributed by atoms with Crippen molar-refractivity contribution in [2.75, 3.05) is 19.8 Å².